The summed E-state index contributed by atoms with van der Waals surface area (Å²) in [4.78, 5) is 0. The Morgan fingerprint density at radius 2 is 1.80 bits per heavy atom. The lowest BCUT2D eigenvalue weighted by molar-refractivity contribution is -0.138. The van der Waals surface area contributed by atoms with Crippen LogP contribution in [0.4, 0.5) is 17.6 Å². The lowest BCUT2D eigenvalue weighted by Crippen LogP contribution is -2.15. The molecule has 0 aliphatic rings. The molecule has 0 aromatic heterocycles. The number of halogens is 5. The standard InChI is InChI=1S/C9H9F4N.ClH/c1-5(14)7-4-6(10)2-3-8(7)9(11,12)13;/h2-5H,14H2,1H3;1H/t5-;/m1./s1. The molecular formula is C9H10ClF4N. The van der Waals surface area contributed by atoms with Crippen LogP contribution in [-0.2, 0) is 6.18 Å². The molecule has 0 fully saturated rings. The summed E-state index contributed by atoms with van der Waals surface area (Å²) in [5, 5.41) is 0. The van der Waals surface area contributed by atoms with Gasteiger partial charge in [0, 0.05) is 6.04 Å². The number of alkyl halides is 3. The quantitative estimate of drug-likeness (QED) is 0.753. The van der Waals surface area contributed by atoms with Crippen LogP contribution in [0.15, 0.2) is 18.2 Å². The molecule has 0 aliphatic carbocycles. The third kappa shape index (κ3) is 3.35. The van der Waals surface area contributed by atoms with E-state index in [1.54, 1.807) is 0 Å². The minimum Gasteiger partial charge on any atom is -0.324 e. The number of rotatable bonds is 1. The van der Waals surface area contributed by atoms with Crippen LogP contribution in [-0.4, -0.2) is 0 Å². The van der Waals surface area contributed by atoms with Gasteiger partial charge in [-0.2, -0.15) is 13.2 Å². The first-order valence-electron chi connectivity index (χ1n) is 3.94. The van der Waals surface area contributed by atoms with Gasteiger partial charge in [0.25, 0.3) is 0 Å². The van der Waals surface area contributed by atoms with Crippen LogP contribution in [0.2, 0.25) is 0 Å². The van der Waals surface area contributed by atoms with Crippen LogP contribution < -0.4 is 5.73 Å². The van der Waals surface area contributed by atoms with Gasteiger partial charge < -0.3 is 5.73 Å². The number of hydrogen-bond acceptors (Lipinski definition) is 1. The molecule has 0 spiro atoms. The zero-order chi connectivity index (χ0) is 10.9. The summed E-state index contributed by atoms with van der Waals surface area (Å²) in [6, 6.07) is 1.44. The molecule has 1 atom stereocenters. The van der Waals surface area contributed by atoms with Crippen molar-refractivity contribution in [3.05, 3.63) is 35.1 Å². The molecule has 0 aliphatic heterocycles. The van der Waals surface area contributed by atoms with E-state index in [4.69, 9.17) is 5.73 Å². The van der Waals surface area contributed by atoms with Crippen molar-refractivity contribution in [1.29, 1.82) is 0 Å². The third-order valence-electron chi connectivity index (χ3n) is 1.81. The molecule has 1 aromatic carbocycles. The third-order valence-corrected chi connectivity index (χ3v) is 1.81. The van der Waals surface area contributed by atoms with E-state index >= 15 is 0 Å². The highest BCUT2D eigenvalue weighted by Gasteiger charge is 2.34. The zero-order valence-corrected chi connectivity index (χ0v) is 8.62. The smallest absolute Gasteiger partial charge is 0.324 e. The summed E-state index contributed by atoms with van der Waals surface area (Å²) < 4.78 is 49.8. The van der Waals surface area contributed by atoms with Crippen molar-refractivity contribution < 1.29 is 17.6 Å². The van der Waals surface area contributed by atoms with Gasteiger partial charge in [0.1, 0.15) is 5.82 Å². The molecule has 1 rings (SSSR count). The molecule has 6 heteroatoms. The normalized spacial score (nSPS) is 13.2. The summed E-state index contributed by atoms with van der Waals surface area (Å²) in [5.41, 5.74) is 4.21. The minimum atomic E-state index is -4.49. The van der Waals surface area contributed by atoms with Crippen molar-refractivity contribution in [2.75, 3.05) is 0 Å². The van der Waals surface area contributed by atoms with Gasteiger partial charge in [-0.3, -0.25) is 0 Å². The van der Waals surface area contributed by atoms with E-state index in [-0.39, 0.29) is 18.0 Å². The fourth-order valence-electron chi connectivity index (χ4n) is 1.17. The van der Waals surface area contributed by atoms with E-state index < -0.39 is 23.6 Å². The summed E-state index contributed by atoms with van der Waals surface area (Å²) >= 11 is 0. The Morgan fingerprint density at radius 1 is 1.27 bits per heavy atom. The largest absolute Gasteiger partial charge is 0.416 e. The molecule has 86 valence electrons. The lowest BCUT2D eigenvalue weighted by atomic mass is 10.0. The van der Waals surface area contributed by atoms with E-state index in [1.165, 1.54) is 6.92 Å². The monoisotopic (exact) mass is 243 g/mol. The van der Waals surface area contributed by atoms with Gasteiger partial charge in [0.05, 0.1) is 5.56 Å². The van der Waals surface area contributed by atoms with Crippen LogP contribution in [0.5, 0.6) is 0 Å². The lowest BCUT2D eigenvalue weighted by Gasteiger charge is -2.15. The second-order valence-electron chi connectivity index (χ2n) is 3.02. The number of benzene rings is 1. The van der Waals surface area contributed by atoms with E-state index in [2.05, 4.69) is 0 Å². The molecule has 0 amide bonds. The van der Waals surface area contributed by atoms with Gasteiger partial charge in [-0.25, -0.2) is 4.39 Å². The highest BCUT2D eigenvalue weighted by Crippen LogP contribution is 2.34. The summed E-state index contributed by atoms with van der Waals surface area (Å²) in [6.45, 7) is 1.38. The van der Waals surface area contributed by atoms with Gasteiger partial charge >= 0.3 is 6.18 Å². The average Bonchev–Trinajstić information content (AvgIpc) is 2.01. The molecule has 0 bridgehead atoms. The topological polar surface area (TPSA) is 26.0 Å². The van der Waals surface area contributed by atoms with E-state index in [0.717, 1.165) is 12.1 Å². The van der Waals surface area contributed by atoms with E-state index in [9.17, 15) is 17.6 Å². The molecule has 0 saturated carbocycles. The Kier molecular flexibility index (Phi) is 4.55. The fraction of sp³-hybridized carbons (Fsp3) is 0.333. The van der Waals surface area contributed by atoms with Crippen molar-refractivity contribution in [3.63, 3.8) is 0 Å². The molecule has 0 radical (unpaired) electrons. The van der Waals surface area contributed by atoms with Gasteiger partial charge in [-0.05, 0) is 30.7 Å². The first kappa shape index (κ1) is 14.2. The maximum absolute atomic E-state index is 12.7. The summed E-state index contributed by atoms with van der Waals surface area (Å²) in [5.74, 6) is -0.717. The Balaban J connectivity index is 0.00000196. The van der Waals surface area contributed by atoms with Crippen molar-refractivity contribution in [3.8, 4) is 0 Å². The van der Waals surface area contributed by atoms with Crippen LogP contribution in [0.3, 0.4) is 0 Å². The maximum Gasteiger partial charge on any atom is 0.416 e. The first-order valence-corrected chi connectivity index (χ1v) is 3.94. The zero-order valence-electron chi connectivity index (χ0n) is 7.81. The Labute approximate surface area is 90.7 Å². The highest BCUT2D eigenvalue weighted by atomic mass is 35.5. The number of nitrogens with two attached hydrogens (primary N) is 1. The van der Waals surface area contributed by atoms with Crippen molar-refractivity contribution in [2.45, 2.75) is 19.1 Å². The fourth-order valence-corrected chi connectivity index (χ4v) is 1.17. The Bertz CT molecular complexity index is 335. The Morgan fingerprint density at radius 3 is 2.20 bits per heavy atom. The second-order valence-corrected chi connectivity index (χ2v) is 3.02. The van der Waals surface area contributed by atoms with Crippen LogP contribution in [0, 0.1) is 5.82 Å². The molecule has 0 heterocycles. The molecule has 2 N–H and O–H groups in total. The number of hydrogen-bond donors (Lipinski definition) is 1. The SMILES string of the molecule is C[C@@H](N)c1cc(F)ccc1C(F)(F)F.Cl. The molecule has 0 saturated heterocycles. The molecular weight excluding hydrogens is 234 g/mol. The van der Waals surface area contributed by atoms with Crippen molar-refractivity contribution >= 4 is 12.4 Å². The van der Waals surface area contributed by atoms with E-state index in [0.29, 0.717) is 6.07 Å². The van der Waals surface area contributed by atoms with Crippen molar-refractivity contribution in [1.82, 2.24) is 0 Å². The summed E-state index contributed by atoms with van der Waals surface area (Å²) in [6.07, 6.45) is -4.49. The molecule has 1 aromatic rings. The molecule has 1 nitrogen and oxygen atoms in total. The molecule has 0 unspecified atom stereocenters. The van der Waals surface area contributed by atoms with Crippen LogP contribution in [0.1, 0.15) is 24.1 Å². The van der Waals surface area contributed by atoms with Gasteiger partial charge in [0.2, 0.25) is 0 Å². The van der Waals surface area contributed by atoms with Crippen LogP contribution >= 0.6 is 12.4 Å². The highest BCUT2D eigenvalue weighted by molar-refractivity contribution is 5.85. The van der Waals surface area contributed by atoms with Crippen molar-refractivity contribution in [2.24, 2.45) is 5.73 Å². The van der Waals surface area contributed by atoms with E-state index in [1.807, 2.05) is 0 Å². The van der Waals surface area contributed by atoms with Gasteiger partial charge in [-0.15, -0.1) is 12.4 Å². The summed E-state index contributed by atoms with van der Waals surface area (Å²) in [7, 11) is 0. The predicted molar refractivity (Wildman–Crippen MR) is 51.3 cm³/mol. The van der Waals surface area contributed by atoms with Gasteiger partial charge in [0.15, 0.2) is 0 Å². The average molecular weight is 244 g/mol. The Hall–Kier alpha value is -0.810. The minimum absolute atomic E-state index is 0. The van der Waals surface area contributed by atoms with Crippen LogP contribution in [0.25, 0.3) is 0 Å². The first-order chi connectivity index (χ1) is 6.32. The maximum atomic E-state index is 12.7. The predicted octanol–water partition coefficient (Wildman–Crippen LogP) is 3.29. The molecule has 15 heavy (non-hydrogen) atoms. The van der Waals surface area contributed by atoms with Gasteiger partial charge in [-0.1, -0.05) is 0 Å². The second kappa shape index (κ2) is 4.81.